The van der Waals surface area contributed by atoms with Gasteiger partial charge in [0, 0.05) is 18.1 Å². The first-order valence-corrected chi connectivity index (χ1v) is 6.94. The predicted molar refractivity (Wildman–Crippen MR) is 77.0 cm³/mol. The third kappa shape index (κ3) is 2.77. The molecule has 2 aromatic rings. The van der Waals surface area contributed by atoms with Crippen LogP contribution in [0, 0.1) is 0 Å². The monoisotopic (exact) mass is 256 g/mol. The van der Waals surface area contributed by atoms with Gasteiger partial charge in [-0.1, -0.05) is 18.2 Å². The Morgan fingerprint density at radius 2 is 2.21 bits per heavy atom. The van der Waals surface area contributed by atoms with Gasteiger partial charge in [0.2, 0.25) is 0 Å². The molecule has 1 N–H and O–H groups in total. The first-order chi connectivity index (χ1) is 9.27. The highest BCUT2D eigenvalue weighted by atomic mass is 16.5. The van der Waals surface area contributed by atoms with Gasteiger partial charge in [0.15, 0.2) is 0 Å². The minimum Gasteiger partial charge on any atom is -0.369 e. The zero-order valence-electron chi connectivity index (χ0n) is 11.4. The van der Waals surface area contributed by atoms with Gasteiger partial charge >= 0.3 is 0 Å². The number of ether oxygens (including phenoxy) is 1. The van der Waals surface area contributed by atoms with Gasteiger partial charge in [0.05, 0.1) is 17.7 Å². The summed E-state index contributed by atoms with van der Waals surface area (Å²) >= 11 is 0. The van der Waals surface area contributed by atoms with E-state index in [9.17, 15) is 0 Å². The standard InChI is InChI=1S/C16H20N2O/c1-16(8-4-9-17-12-16)19-11-13-7-10-18-15-6-3-2-5-14(13)15/h2-3,5-7,10,17H,4,8-9,11-12H2,1H3. The minimum atomic E-state index is -0.0391. The van der Waals surface area contributed by atoms with Crippen LogP contribution in [0.25, 0.3) is 10.9 Å². The van der Waals surface area contributed by atoms with E-state index in [-0.39, 0.29) is 5.60 Å². The fourth-order valence-corrected chi connectivity index (χ4v) is 2.68. The van der Waals surface area contributed by atoms with Crippen molar-refractivity contribution in [2.75, 3.05) is 13.1 Å². The molecule has 1 unspecified atom stereocenters. The van der Waals surface area contributed by atoms with Crippen molar-refractivity contribution in [3.63, 3.8) is 0 Å². The van der Waals surface area contributed by atoms with E-state index in [4.69, 9.17) is 4.74 Å². The molecule has 100 valence electrons. The topological polar surface area (TPSA) is 34.1 Å². The second-order valence-electron chi connectivity index (χ2n) is 5.51. The molecule has 0 amide bonds. The van der Waals surface area contributed by atoms with Gasteiger partial charge in [-0.25, -0.2) is 0 Å². The van der Waals surface area contributed by atoms with Crippen molar-refractivity contribution >= 4 is 10.9 Å². The molecule has 1 saturated heterocycles. The third-order valence-corrected chi connectivity index (χ3v) is 3.87. The maximum atomic E-state index is 6.17. The van der Waals surface area contributed by atoms with Crippen molar-refractivity contribution in [2.24, 2.45) is 0 Å². The van der Waals surface area contributed by atoms with Crippen LogP contribution in [0.4, 0.5) is 0 Å². The molecule has 0 radical (unpaired) electrons. The summed E-state index contributed by atoms with van der Waals surface area (Å²) < 4.78 is 6.17. The number of hydrogen-bond donors (Lipinski definition) is 1. The van der Waals surface area contributed by atoms with E-state index < -0.39 is 0 Å². The normalized spacial score (nSPS) is 23.6. The Morgan fingerprint density at radius 3 is 3.05 bits per heavy atom. The van der Waals surface area contributed by atoms with E-state index >= 15 is 0 Å². The summed E-state index contributed by atoms with van der Waals surface area (Å²) in [7, 11) is 0. The van der Waals surface area contributed by atoms with Crippen molar-refractivity contribution < 1.29 is 4.74 Å². The van der Waals surface area contributed by atoms with Gasteiger partial charge in [0.25, 0.3) is 0 Å². The van der Waals surface area contributed by atoms with Gasteiger partial charge in [-0.2, -0.15) is 0 Å². The molecular formula is C16H20N2O. The molecule has 0 aliphatic carbocycles. The molecule has 1 fully saturated rings. The number of hydrogen-bond acceptors (Lipinski definition) is 3. The number of nitrogens with one attached hydrogen (secondary N) is 1. The lowest BCUT2D eigenvalue weighted by molar-refractivity contribution is -0.0567. The summed E-state index contributed by atoms with van der Waals surface area (Å²) in [5, 5.41) is 4.60. The maximum Gasteiger partial charge on any atom is 0.0783 e. The lowest BCUT2D eigenvalue weighted by atomic mass is 9.96. The van der Waals surface area contributed by atoms with Crippen LogP contribution in [0.15, 0.2) is 36.5 Å². The van der Waals surface area contributed by atoms with Crippen LogP contribution in [0.3, 0.4) is 0 Å². The van der Waals surface area contributed by atoms with E-state index in [2.05, 4.69) is 35.4 Å². The fourth-order valence-electron chi connectivity index (χ4n) is 2.68. The van der Waals surface area contributed by atoms with E-state index in [1.807, 2.05) is 18.3 Å². The van der Waals surface area contributed by atoms with Gasteiger partial charge < -0.3 is 10.1 Å². The van der Waals surface area contributed by atoms with Crippen LogP contribution < -0.4 is 5.32 Å². The Labute approximate surface area is 114 Å². The van der Waals surface area contributed by atoms with Crippen LogP contribution in [0.1, 0.15) is 25.3 Å². The molecule has 19 heavy (non-hydrogen) atoms. The van der Waals surface area contributed by atoms with E-state index in [0.29, 0.717) is 6.61 Å². The number of rotatable bonds is 3. The Balaban J connectivity index is 1.78. The van der Waals surface area contributed by atoms with Gasteiger partial charge in [-0.15, -0.1) is 0 Å². The SMILES string of the molecule is CC1(OCc2ccnc3ccccc23)CCCNC1. The van der Waals surface area contributed by atoms with E-state index in [1.165, 1.54) is 17.4 Å². The number of para-hydroxylation sites is 1. The molecule has 3 heteroatoms. The second kappa shape index (κ2) is 5.27. The molecule has 0 spiro atoms. The number of aromatic nitrogens is 1. The first kappa shape index (κ1) is 12.6. The van der Waals surface area contributed by atoms with Gasteiger partial charge in [-0.3, -0.25) is 4.98 Å². The van der Waals surface area contributed by atoms with Crippen LogP contribution in [0.2, 0.25) is 0 Å². The molecule has 1 atom stereocenters. The molecule has 3 rings (SSSR count). The average molecular weight is 256 g/mol. The molecule has 1 aliphatic rings. The Kier molecular flexibility index (Phi) is 3.49. The maximum absolute atomic E-state index is 6.17. The van der Waals surface area contributed by atoms with E-state index in [1.54, 1.807) is 0 Å². The van der Waals surface area contributed by atoms with E-state index in [0.717, 1.165) is 25.0 Å². The Hall–Kier alpha value is -1.45. The summed E-state index contributed by atoms with van der Waals surface area (Å²) in [6, 6.07) is 10.3. The minimum absolute atomic E-state index is 0.0391. The summed E-state index contributed by atoms with van der Waals surface area (Å²) in [5.41, 5.74) is 2.22. The Morgan fingerprint density at radius 1 is 1.32 bits per heavy atom. The zero-order chi connectivity index (χ0) is 13.1. The van der Waals surface area contributed by atoms with Crippen molar-refractivity contribution in [3.8, 4) is 0 Å². The van der Waals surface area contributed by atoms with Gasteiger partial charge in [0.1, 0.15) is 0 Å². The highest BCUT2D eigenvalue weighted by Crippen LogP contribution is 2.24. The fraction of sp³-hybridized carbons (Fsp3) is 0.438. The van der Waals surface area contributed by atoms with Crippen molar-refractivity contribution in [1.29, 1.82) is 0 Å². The van der Waals surface area contributed by atoms with Gasteiger partial charge in [-0.05, 0) is 44.0 Å². The molecule has 0 bridgehead atoms. The Bertz CT molecular complexity index is 556. The summed E-state index contributed by atoms with van der Waals surface area (Å²) in [5.74, 6) is 0. The van der Waals surface area contributed by atoms with Crippen LogP contribution in [-0.2, 0) is 11.3 Å². The number of piperidine rings is 1. The molecule has 3 nitrogen and oxygen atoms in total. The quantitative estimate of drug-likeness (QED) is 0.917. The van der Waals surface area contributed by atoms with Crippen molar-refractivity contribution in [3.05, 3.63) is 42.1 Å². The summed E-state index contributed by atoms with van der Waals surface area (Å²) in [6.45, 7) is 4.90. The highest BCUT2D eigenvalue weighted by molar-refractivity contribution is 5.81. The molecular weight excluding hydrogens is 236 g/mol. The van der Waals surface area contributed by atoms with Crippen molar-refractivity contribution in [2.45, 2.75) is 32.0 Å². The first-order valence-electron chi connectivity index (χ1n) is 6.94. The molecule has 1 aromatic heterocycles. The summed E-state index contributed by atoms with van der Waals surface area (Å²) in [4.78, 5) is 4.39. The average Bonchev–Trinajstić information content (AvgIpc) is 2.46. The number of benzene rings is 1. The number of nitrogens with zero attached hydrogens (tertiary/aromatic N) is 1. The molecule has 1 aromatic carbocycles. The number of fused-ring (bicyclic) bond motifs is 1. The predicted octanol–water partition coefficient (Wildman–Crippen LogP) is 2.89. The number of pyridine rings is 1. The van der Waals surface area contributed by atoms with Crippen LogP contribution >= 0.6 is 0 Å². The molecule has 0 saturated carbocycles. The van der Waals surface area contributed by atoms with Crippen molar-refractivity contribution in [1.82, 2.24) is 10.3 Å². The highest BCUT2D eigenvalue weighted by Gasteiger charge is 2.27. The lowest BCUT2D eigenvalue weighted by Gasteiger charge is -2.34. The molecule has 2 heterocycles. The third-order valence-electron chi connectivity index (χ3n) is 3.87. The van der Waals surface area contributed by atoms with Crippen LogP contribution in [0.5, 0.6) is 0 Å². The molecule has 1 aliphatic heterocycles. The smallest absolute Gasteiger partial charge is 0.0783 e. The summed E-state index contributed by atoms with van der Waals surface area (Å²) in [6.07, 6.45) is 4.18. The second-order valence-corrected chi connectivity index (χ2v) is 5.51. The van der Waals surface area contributed by atoms with Crippen LogP contribution in [-0.4, -0.2) is 23.7 Å². The largest absolute Gasteiger partial charge is 0.369 e. The lowest BCUT2D eigenvalue weighted by Crippen LogP contribution is -2.45. The zero-order valence-corrected chi connectivity index (χ0v) is 11.4.